The van der Waals surface area contributed by atoms with E-state index < -0.39 is 5.60 Å². The van der Waals surface area contributed by atoms with Crippen molar-refractivity contribution in [1.82, 2.24) is 9.78 Å². The number of β-amino-alcohol motifs (C(OH)–C–C–N with tert-alkyl or cyclic N) is 1. The fourth-order valence-corrected chi connectivity index (χ4v) is 2.58. The van der Waals surface area contributed by atoms with Crippen LogP contribution in [-0.4, -0.2) is 39.9 Å². The summed E-state index contributed by atoms with van der Waals surface area (Å²) in [5.41, 5.74) is 0.684. The topological polar surface area (TPSA) is 58.4 Å². The molecule has 0 saturated carbocycles. The van der Waals surface area contributed by atoms with Gasteiger partial charge in [-0.3, -0.25) is 9.48 Å². The number of anilines is 1. The lowest BCUT2D eigenvalue weighted by Gasteiger charge is -2.38. The summed E-state index contributed by atoms with van der Waals surface area (Å²) < 4.78 is 1.72. The second-order valence-corrected chi connectivity index (χ2v) is 5.09. The lowest BCUT2D eigenvalue weighted by Crippen LogP contribution is -2.47. The summed E-state index contributed by atoms with van der Waals surface area (Å²) in [6.07, 6.45) is 2.58. The number of carbonyl (C=O) groups is 1. The van der Waals surface area contributed by atoms with Gasteiger partial charge in [0.1, 0.15) is 5.82 Å². The number of nitrogens with zero attached hydrogens (tertiary/aromatic N) is 3. The molecule has 5 heteroatoms. The SMILES string of the molecule is Cc1nn(C)c(N2CCCC(C)(O)C2)c1C=O. The Labute approximate surface area is 101 Å². The molecule has 0 aliphatic carbocycles. The molecule has 0 spiro atoms. The molecule has 0 bridgehead atoms. The number of aldehydes is 1. The minimum Gasteiger partial charge on any atom is -0.388 e. The van der Waals surface area contributed by atoms with E-state index in [9.17, 15) is 9.90 Å². The molecule has 0 radical (unpaired) electrons. The summed E-state index contributed by atoms with van der Waals surface area (Å²) in [4.78, 5) is 13.2. The van der Waals surface area contributed by atoms with Gasteiger partial charge in [0.15, 0.2) is 6.29 Å². The number of piperidine rings is 1. The van der Waals surface area contributed by atoms with E-state index in [1.165, 1.54) is 0 Å². The van der Waals surface area contributed by atoms with E-state index in [0.29, 0.717) is 12.1 Å². The molecule has 1 atom stereocenters. The van der Waals surface area contributed by atoms with Gasteiger partial charge in [0, 0.05) is 20.1 Å². The van der Waals surface area contributed by atoms with Crippen LogP contribution in [0.25, 0.3) is 0 Å². The average molecular weight is 237 g/mol. The van der Waals surface area contributed by atoms with Crippen molar-refractivity contribution in [2.75, 3.05) is 18.0 Å². The van der Waals surface area contributed by atoms with Crippen LogP contribution in [0.5, 0.6) is 0 Å². The molecule has 1 aliphatic rings. The number of carbonyl (C=O) groups excluding carboxylic acids is 1. The van der Waals surface area contributed by atoms with Gasteiger partial charge in [-0.2, -0.15) is 5.10 Å². The Balaban J connectivity index is 2.36. The molecule has 94 valence electrons. The number of aliphatic hydroxyl groups is 1. The second kappa shape index (κ2) is 4.14. The Morgan fingerprint density at radius 2 is 2.24 bits per heavy atom. The van der Waals surface area contributed by atoms with Gasteiger partial charge in [-0.1, -0.05) is 0 Å². The molecule has 1 saturated heterocycles. The molecule has 1 unspecified atom stereocenters. The predicted molar refractivity (Wildman–Crippen MR) is 65.4 cm³/mol. The summed E-state index contributed by atoms with van der Waals surface area (Å²) in [5, 5.41) is 14.4. The van der Waals surface area contributed by atoms with E-state index in [1.807, 2.05) is 25.8 Å². The molecule has 1 N–H and O–H groups in total. The first-order chi connectivity index (χ1) is 7.94. The number of hydrogen-bond acceptors (Lipinski definition) is 4. The van der Waals surface area contributed by atoms with Gasteiger partial charge in [-0.25, -0.2) is 0 Å². The van der Waals surface area contributed by atoms with Crippen molar-refractivity contribution in [3.63, 3.8) is 0 Å². The predicted octanol–water partition coefficient (Wildman–Crippen LogP) is 0.892. The summed E-state index contributed by atoms with van der Waals surface area (Å²) in [5.74, 6) is 0.817. The average Bonchev–Trinajstić information content (AvgIpc) is 2.51. The molecular formula is C12H19N3O2. The third-order valence-electron chi connectivity index (χ3n) is 3.33. The van der Waals surface area contributed by atoms with E-state index in [0.717, 1.165) is 37.2 Å². The quantitative estimate of drug-likeness (QED) is 0.776. The first kappa shape index (κ1) is 12.1. The largest absolute Gasteiger partial charge is 0.388 e. The molecule has 2 rings (SSSR count). The zero-order chi connectivity index (χ0) is 12.6. The first-order valence-electron chi connectivity index (χ1n) is 5.91. The molecule has 17 heavy (non-hydrogen) atoms. The number of rotatable bonds is 2. The summed E-state index contributed by atoms with van der Waals surface area (Å²) in [6.45, 7) is 5.07. The smallest absolute Gasteiger partial charge is 0.155 e. The van der Waals surface area contributed by atoms with Gasteiger partial charge in [-0.05, 0) is 26.7 Å². The van der Waals surface area contributed by atoms with Gasteiger partial charge < -0.3 is 10.0 Å². The van der Waals surface area contributed by atoms with Crippen LogP contribution in [0, 0.1) is 6.92 Å². The highest BCUT2D eigenvalue weighted by molar-refractivity contribution is 5.84. The standard InChI is InChI=1S/C12H19N3O2/c1-9-10(7-16)11(14(3)13-9)15-6-4-5-12(2,17)8-15/h7,17H,4-6,8H2,1-3H3. The Morgan fingerprint density at radius 1 is 1.53 bits per heavy atom. The highest BCUT2D eigenvalue weighted by Gasteiger charge is 2.31. The maximum Gasteiger partial charge on any atom is 0.155 e. The Bertz CT molecular complexity index is 437. The highest BCUT2D eigenvalue weighted by atomic mass is 16.3. The molecule has 1 aromatic rings. The van der Waals surface area contributed by atoms with E-state index in [-0.39, 0.29) is 0 Å². The van der Waals surface area contributed by atoms with Crippen molar-refractivity contribution in [3.8, 4) is 0 Å². The molecule has 5 nitrogen and oxygen atoms in total. The molecular weight excluding hydrogens is 218 g/mol. The van der Waals surface area contributed by atoms with Crippen molar-refractivity contribution < 1.29 is 9.90 Å². The highest BCUT2D eigenvalue weighted by Crippen LogP contribution is 2.28. The zero-order valence-corrected chi connectivity index (χ0v) is 10.6. The van der Waals surface area contributed by atoms with Crippen LogP contribution in [0.2, 0.25) is 0 Å². The van der Waals surface area contributed by atoms with E-state index in [4.69, 9.17) is 0 Å². The van der Waals surface area contributed by atoms with E-state index >= 15 is 0 Å². The Kier molecular flexibility index (Phi) is 2.95. The van der Waals surface area contributed by atoms with Gasteiger partial charge in [0.2, 0.25) is 0 Å². The van der Waals surface area contributed by atoms with Crippen molar-refractivity contribution in [3.05, 3.63) is 11.3 Å². The molecule has 1 aromatic heterocycles. The maximum atomic E-state index is 11.1. The van der Waals surface area contributed by atoms with Crippen LogP contribution >= 0.6 is 0 Å². The second-order valence-electron chi connectivity index (χ2n) is 5.09. The van der Waals surface area contributed by atoms with Crippen LogP contribution in [0.15, 0.2) is 0 Å². The van der Waals surface area contributed by atoms with Crippen molar-refractivity contribution >= 4 is 12.1 Å². The number of hydrogen-bond donors (Lipinski definition) is 1. The van der Waals surface area contributed by atoms with Crippen molar-refractivity contribution in [1.29, 1.82) is 0 Å². The molecule has 2 heterocycles. The van der Waals surface area contributed by atoms with Crippen LogP contribution in [0.3, 0.4) is 0 Å². The summed E-state index contributed by atoms with van der Waals surface area (Å²) in [6, 6.07) is 0. The van der Waals surface area contributed by atoms with Crippen LogP contribution in [-0.2, 0) is 7.05 Å². The lowest BCUT2D eigenvalue weighted by molar-refractivity contribution is 0.0444. The third-order valence-corrected chi connectivity index (χ3v) is 3.33. The zero-order valence-electron chi connectivity index (χ0n) is 10.6. The fourth-order valence-electron chi connectivity index (χ4n) is 2.58. The maximum absolute atomic E-state index is 11.1. The normalized spacial score (nSPS) is 25.1. The minimum atomic E-state index is -0.684. The van der Waals surface area contributed by atoms with Gasteiger partial charge in [-0.15, -0.1) is 0 Å². The molecule has 0 amide bonds. The number of aryl methyl sites for hydroxylation is 2. The Morgan fingerprint density at radius 3 is 2.82 bits per heavy atom. The fraction of sp³-hybridized carbons (Fsp3) is 0.667. The molecule has 0 aromatic carbocycles. The molecule has 1 fully saturated rings. The van der Waals surface area contributed by atoms with Gasteiger partial charge >= 0.3 is 0 Å². The van der Waals surface area contributed by atoms with Crippen LogP contribution in [0.1, 0.15) is 35.8 Å². The number of aromatic nitrogens is 2. The van der Waals surface area contributed by atoms with Gasteiger partial charge in [0.25, 0.3) is 0 Å². The van der Waals surface area contributed by atoms with Crippen molar-refractivity contribution in [2.45, 2.75) is 32.3 Å². The Hall–Kier alpha value is -1.36. The van der Waals surface area contributed by atoms with Crippen LogP contribution < -0.4 is 4.90 Å². The molecule has 1 aliphatic heterocycles. The van der Waals surface area contributed by atoms with Crippen molar-refractivity contribution in [2.24, 2.45) is 7.05 Å². The summed E-state index contributed by atoms with van der Waals surface area (Å²) in [7, 11) is 1.83. The monoisotopic (exact) mass is 237 g/mol. The third kappa shape index (κ3) is 2.20. The summed E-state index contributed by atoms with van der Waals surface area (Å²) >= 11 is 0. The van der Waals surface area contributed by atoms with Crippen LogP contribution in [0.4, 0.5) is 5.82 Å². The van der Waals surface area contributed by atoms with E-state index in [2.05, 4.69) is 5.10 Å². The first-order valence-corrected chi connectivity index (χ1v) is 5.91. The lowest BCUT2D eigenvalue weighted by atomic mass is 9.95. The van der Waals surface area contributed by atoms with E-state index in [1.54, 1.807) is 4.68 Å². The van der Waals surface area contributed by atoms with Gasteiger partial charge in [0.05, 0.1) is 16.9 Å². The minimum absolute atomic E-state index is 0.548.